The monoisotopic (exact) mass is 319 g/mol. The Kier molecular flexibility index (Phi) is 5.37. The SMILES string of the molecule is CC(C)(C)OC(=O)N1CCC(C#Cc2ccccc2Cl)CC1. The molecule has 0 spiro atoms. The summed E-state index contributed by atoms with van der Waals surface area (Å²) >= 11 is 6.10. The van der Waals surface area contributed by atoms with Crippen LogP contribution in [0, 0.1) is 17.8 Å². The van der Waals surface area contributed by atoms with Crippen molar-refractivity contribution in [3.63, 3.8) is 0 Å². The predicted molar refractivity (Wildman–Crippen MR) is 88.9 cm³/mol. The Morgan fingerprint density at radius 3 is 2.50 bits per heavy atom. The summed E-state index contributed by atoms with van der Waals surface area (Å²) in [6.07, 6.45) is 1.51. The quantitative estimate of drug-likeness (QED) is 0.666. The summed E-state index contributed by atoms with van der Waals surface area (Å²) < 4.78 is 5.39. The van der Waals surface area contributed by atoms with Crippen molar-refractivity contribution in [2.75, 3.05) is 13.1 Å². The number of piperidine rings is 1. The highest BCUT2D eigenvalue weighted by Gasteiger charge is 2.26. The summed E-state index contributed by atoms with van der Waals surface area (Å²) in [5.41, 5.74) is 0.413. The van der Waals surface area contributed by atoms with Gasteiger partial charge in [0.25, 0.3) is 0 Å². The number of amides is 1. The van der Waals surface area contributed by atoms with Crippen LogP contribution >= 0.6 is 11.6 Å². The van der Waals surface area contributed by atoms with Crippen molar-refractivity contribution in [1.82, 2.24) is 4.90 Å². The van der Waals surface area contributed by atoms with E-state index in [1.165, 1.54) is 0 Å². The van der Waals surface area contributed by atoms with Crippen molar-refractivity contribution >= 4 is 17.7 Å². The molecule has 1 aliphatic heterocycles. The molecule has 0 bridgehead atoms. The fraction of sp³-hybridized carbons (Fsp3) is 0.500. The van der Waals surface area contributed by atoms with Gasteiger partial charge in [-0.1, -0.05) is 35.6 Å². The van der Waals surface area contributed by atoms with Crippen molar-refractivity contribution in [1.29, 1.82) is 0 Å². The van der Waals surface area contributed by atoms with E-state index in [-0.39, 0.29) is 6.09 Å². The van der Waals surface area contributed by atoms with Gasteiger partial charge in [-0.2, -0.15) is 0 Å². The highest BCUT2D eigenvalue weighted by Crippen LogP contribution is 2.20. The fourth-order valence-corrected chi connectivity index (χ4v) is 2.46. The molecule has 1 heterocycles. The number of benzene rings is 1. The lowest BCUT2D eigenvalue weighted by molar-refractivity contribution is 0.0199. The minimum absolute atomic E-state index is 0.231. The van der Waals surface area contributed by atoms with Gasteiger partial charge in [0, 0.05) is 24.6 Å². The largest absolute Gasteiger partial charge is 0.444 e. The minimum Gasteiger partial charge on any atom is -0.444 e. The van der Waals surface area contributed by atoms with E-state index in [4.69, 9.17) is 16.3 Å². The van der Waals surface area contributed by atoms with E-state index in [0.29, 0.717) is 24.0 Å². The minimum atomic E-state index is -0.447. The van der Waals surface area contributed by atoms with E-state index in [1.807, 2.05) is 45.0 Å². The molecule has 0 radical (unpaired) electrons. The maximum absolute atomic E-state index is 12.0. The van der Waals surface area contributed by atoms with E-state index in [0.717, 1.165) is 18.4 Å². The lowest BCUT2D eigenvalue weighted by Gasteiger charge is -2.31. The molecule has 0 N–H and O–H groups in total. The molecule has 4 heteroatoms. The number of carbonyl (C=O) groups excluding carboxylic acids is 1. The van der Waals surface area contributed by atoms with Gasteiger partial charge in [0.1, 0.15) is 5.60 Å². The number of hydrogen-bond donors (Lipinski definition) is 0. The zero-order valence-corrected chi connectivity index (χ0v) is 14.1. The van der Waals surface area contributed by atoms with E-state index < -0.39 is 5.60 Å². The average Bonchev–Trinajstić information content (AvgIpc) is 2.45. The number of rotatable bonds is 0. The fourth-order valence-electron chi connectivity index (χ4n) is 2.28. The molecule has 0 aliphatic carbocycles. The van der Waals surface area contributed by atoms with Crippen LogP contribution < -0.4 is 0 Å². The van der Waals surface area contributed by atoms with Gasteiger partial charge in [-0.15, -0.1) is 0 Å². The van der Waals surface area contributed by atoms with Gasteiger partial charge in [0.15, 0.2) is 0 Å². The van der Waals surface area contributed by atoms with E-state index in [2.05, 4.69) is 11.8 Å². The molecule has 0 atom stereocenters. The first-order valence-corrected chi connectivity index (χ1v) is 7.97. The van der Waals surface area contributed by atoms with Crippen LogP contribution in [0.3, 0.4) is 0 Å². The molecule has 0 aromatic heterocycles. The normalized spacial score (nSPS) is 15.9. The van der Waals surface area contributed by atoms with E-state index >= 15 is 0 Å². The highest BCUT2D eigenvalue weighted by atomic mass is 35.5. The van der Waals surface area contributed by atoms with Crippen molar-refractivity contribution in [2.24, 2.45) is 5.92 Å². The molecule has 22 heavy (non-hydrogen) atoms. The second-order valence-corrected chi connectivity index (χ2v) is 6.90. The third-order valence-electron chi connectivity index (χ3n) is 3.43. The summed E-state index contributed by atoms with van der Waals surface area (Å²) in [4.78, 5) is 13.8. The van der Waals surface area contributed by atoms with Gasteiger partial charge in [0.2, 0.25) is 0 Å². The van der Waals surface area contributed by atoms with Gasteiger partial charge in [-0.3, -0.25) is 0 Å². The van der Waals surface area contributed by atoms with Gasteiger partial charge in [0.05, 0.1) is 5.02 Å². The molecule has 1 aromatic carbocycles. The lowest BCUT2D eigenvalue weighted by atomic mass is 9.97. The summed E-state index contributed by atoms with van der Waals surface area (Å²) in [6, 6.07) is 7.59. The Labute approximate surface area is 137 Å². The Hall–Kier alpha value is -1.66. The third kappa shape index (κ3) is 4.96. The van der Waals surface area contributed by atoms with E-state index in [1.54, 1.807) is 4.90 Å². The number of nitrogens with zero attached hydrogens (tertiary/aromatic N) is 1. The molecule has 1 saturated heterocycles. The summed E-state index contributed by atoms with van der Waals surface area (Å²) in [7, 11) is 0. The van der Waals surface area contributed by atoms with Crippen LogP contribution in [-0.2, 0) is 4.74 Å². The third-order valence-corrected chi connectivity index (χ3v) is 3.76. The first-order chi connectivity index (χ1) is 10.3. The average molecular weight is 320 g/mol. The van der Waals surface area contributed by atoms with Crippen LogP contribution in [-0.4, -0.2) is 29.7 Å². The highest BCUT2D eigenvalue weighted by molar-refractivity contribution is 6.31. The number of hydrogen-bond acceptors (Lipinski definition) is 2. The van der Waals surface area contributed by atoms with Gasteiger partial charge in [-0.25, -0.2) is 4.79 Å². The molecule has 3 nitrogen and oxygen atoms in total. The van der Waals surface area contributed by atoms with Crippen LogP contribution in [0.1, 0.15) is 39.2 Å². The second-order valence-electron chi connectivity index (χ2n) is 6.49. The Bertz CT molecular complexity index is 587. The van der Waals surface area contributed by atoms with E-state index in [9.17, 15) is 4.79 Å². The zero-order valence-electron chi connectivity index (χ0n) is 13.4. The molecule has 1 amide bonds. The number of carbonyl (C=O) groups is 1. The first-order valence-electron chi connectivity index (χ1n) is 7.59. The van der Waals surface area contributed by atoms with Crippen LogP contribution in [0.25, 0.3) is 0 Å². The van der Waals surface area contributed by atoms with Crippen molar-refractivity contribution in [2.45, 2.75) is 39.2 Å². The van der Waals surface area contributed by atoms with Crippen LogP contribution in [0.4, 0.5) is 4.79 Å². The van der Waals surface area contributed by atoms with Gasteiger partial charge < -0.3 is 9.64 Å². The lowest BCUT2D eigenvalue weighted by Crippen LogP contribution is -2.41. The molecule has 2 rings (SSSR count). The second kappa shape index (κ2) is 7.07. The summed E-state index contributed by atoms with van der Waals surface area (Å²) in [6.45, 7) is 7.03. The summed E-state index contributed by atoms with van der Waals surface area (Å²) in [5.74, 6) is 6.72. The molecule has 1 fully saturated rings. The first kappa shape index (κ1) is 16.7. The standard InChI is InChI=1S/C18H22ClNO2/c1-18(2,3)22-17(21)20-12-10-14(11-13-20)8-9-15-6-4-5-7-16(15)19/h4-7,14H,10-13H2,1-3H3. The zero-order chi connectivity index (χ0) is 16.2. The molecular formula is C18H22ClNO2. The molecule has 1 aliphatic rings. The topological polar surface area (TPSA) is 29.5 Å². The molecular weight excluding hydrogens is 298 g/mol. The Morgan fingerprint density at radius 2 is 1.91 bits per heavy atom. The molecule has 118 valence electrons. The van der Waals surface area contributed by atoms with Gasteiger partial charge in [-0.05, 0) is 45.7 Å². The van der Waals surface area contributed by atoms with Crippen LogP contribution in [0.2, 0.25) is 5.02 Å². The van der Waals surface area contributed by atoms with Gasteiger partial charge >= 0.3 is 6.09 Å². The van der Waals surface area contributed by atoms with Crippen molar-refractivity contribution in [3.8, 4) is 11.8 Å². The summed E-state index contributed by atoms with van der Waals surface area (Å²) in [5, 5.41) is 0.682. The Morgan fingerprint density at radius 1 is 1.27 bits per heavy atom. The smallest absolute Gasteiger partial charge is 0.410 e. The molecule has 1 aromatic rings. The van der Waals surface area contributed by atoms with Crippen LogP contribution in [0.5, 0.6) is 0 Å². The van der Waals surface area contributed by atoms with Crippen molar-refractivity contribution < 1.29 is 9.53 Å². The number of likely N-dealkylation sites (tertiary alicyclic amines) is 1. The van der Waals surface area contributed by atoms with Crippen molar-refractivity contribution in [3.05, 3.63) is 34.9 Å². The maximum Gasteiger partial charge on any atom is 0.410 e. The number of halogens is 1. The molecule has 0 saturated carbocycles. The Balaban J connectivity index is 1.88. The number of ether oxygens (including phenoxy) is 1. The molecule has 0 unspecified atom stereocenters. The van der Waals surface area contributed by atoms with Crippen LogP contribution in [0.15, 0.2) is 24.3 Å². The predicted octanol–water partition coefficient (Wildman–Crippen LogP) is 4.34. The maximum atomic E-state index is 12.0.